The van der Waals surface area contributed by atoms with Crippen LogP contribution in [0.1, 0.15) is 5.56 Å². The third-order valence-electron chi connectivity index (χ3n) is 3.25. The van der Waals surface area contributed by atoms with Crippen molar-refractivity contribution in [2.45, 2.75) is 12.6 Å². The number of pyridine rings is 1. The summed E-state index contributed by atoms with van der Waals surface area (Å²) in [5, 5.41) is 0. The molecular weight excluding hydrogens is 252 g/mol. The second-order valence-corrected chi connectivity index (χ2v) is 5.04. The van der Waals surface area contributed by atoms with E-state index in [1.807, 2.05) is 18.2 Å². The zero-order valence-corrected chi connectivity index (χ0v) is 11.5. The first-order valence-electron chi connectivity index (χ1n) is 6.78. The summed E-state index contributed by atoms with van der Waals surface area (Å²) in [6.07, 6.45) is 1.75. The Morgan fingerprint density at radius 3 is 2.90 bits per heavy atom. The minimum absolute atomic E-state index is 0.0420. The Morgan fingerprint density at radius 1 is 1.20 bits per heavy atom. The fraction of sp³-hybridized carbons (Fsp3) is 0.312. The molecule has 3 rings (SSSR count). The van der Waals surface area contributed by atoms with Crippen molar-refractivity contribution in [1.29, 1.82) is 0 Å². The van der Waals surface area contributed by atoms with Crippen LogP contribution in [0.3, 0.4) is 0 Å². The Kier molecular flexibility index (Phi) is 3.83. The Morgan fingerprint density at radius 2 is 2.05 bits per heavy atom. The number of benzene rings is 1. The van der Waals surface area contributed by atoms with Crippen molar-refractivity contribution in [1.82, 2.24) is 9.88 Å². The van der Waals surface area contributed by atoms with E-state index in [2.05, 4.69) is 41.2 Å². The summed E-state index contributed by atoms with van der Waals surface area (Å²) in [5.41, 5.74) is 1.30. The first kappa shape index (κ1) is 12.9. The van der Waals surface area contributed by atoms with Crippen molar-refractivity contribution in [3.63, 3.8) is 0 Å². The maximum Gasteiger partial charge on any atom is 0.257 e. The van der Waals surface area contributed by atoms with Crippen molar-refractivity contribution in [2.24, 2.45) is 0 Å². The second-order valence-electron chi connectivity index (χ2n) is 5.04. The molecule has 0 radical (unpaired) electrons. The topological polar surface area (TPSA) is 34.6 Å². The summed E-state index contributed by atoms with van der Waals surface area (Å²) in [5.74, 6) is 1.33. The number of fused-ring (bicyclic) bond motifs is 1. The highest BCUT2D eigenvalue weighted by Crippen LogP contribution is 2.28. The number of nitrogens with zero attached hydrogens (tertiary/aromatic N) is 2. The van der Waals surface area contributed by atoms with Gasteiger partial charge in [-0.25, -0.2) is 4.98 Å². The van der Waals surface area contributed by atoms with Crippen LogP contribution in [0.25, 0.3) is 0 Å². The molecule has 0 saturated carbocycles. The maximum absolute atomic E-state index is 5.91. The highest BCUT2D eigenvalue weighted by atomic mass is 16.6. The largest absolute Gasteiger partial charge is 0.480 e. The van der Waals surface area contributed by atoms with Crippen LogP contribution in [0.2, 0.25) is 0 Å². The monoisotopic (exact) mass is 270 g/mol. The van der Waals surface area contributed by atoms with Crippen LogP contribution >= 0.6 is 0 Å². The molecule has 0 aliphatic carbocycles. The third-order valence-corrected chi connectivity index (χ3v) is 3.25. The van der Waals surface area contributed by atoms with E-state index in [-0.39, 0.29) is 6.10 Å². The molecule has 1 atom stereocenters. The molecule has 1 aromatic heterocycles. The molecule has 2 heterocycles. The van der Waals surface area contributed by atoms with Crippen molar-refractivity contribution in [2.75, 3.05) is 20.2 Å². The van der Waals surface area contributed by atoms with E-state index in [4.69, 9.17) is 9.47 Å². The van der Waals surface area contributed by atoms with Gasteiger partial charge in [-0.1, -0.05) is 30.3 Å². The fourth-order valence-electron chi connectivity index (χ4n) is 2.36. The van der Waals surface area contributed by atoms with Gasteiger partial charge < -0.3 is 9.47 Å². The highest BCUT2D eigenvalue weighted by molar-refractivity contribution is 5.34. The average molecular weight is 270 g/mol. The van der Waals surface area contributed by atoms with Gasteiger partial charge in [-0.15, -0.1) is 0 Å². The van der Waals surface area contributed by atoms with Gasteiger partial charge in [-0.05, 0) is 24.7 Å². The lowest BCUT2D eigenvalue weighted by atomic mass is 10.2. The number of hydrogen-bond acceptors (Lipinski definition) is 4. The smallest absolute Gasteiger partial charge is 0.257 e. The molecule has 0 N–H and O–H groups in total. The molecule has 2 aromatic rings. The quantitative estimate of drug-likeness (QED) is 0.854. The van der Waals surface area contributed by atoms with Crippen LogP contribution in [-0.4, -0.2) is 36.2 Å². The lowest BCUT2D eigenvalue weighted by Gasteiger charge is -2.28. The zero-order valence-electron chi connectivity index (χ0n) is 11.5. The Labute approximate surface area is 119 Å². The summed E-state index contributed by atoms with van der Waals surface area (Å²) in [7, 11) is 2.09. The van der Waals surface area contributed by atoms with Crippen LogP contribution in [0.4, 0.5) is 0 Å². The predicted octanol–water partition coefficient (Wildman–Crippen LogP) is 2.35. The standard InChI is InChI=1S/C16H18N2O2/c1-18(10-13-6-3-2-4-7-13)11-14-12-19-16-15(20-14)8-5-9-17-16/h2-9,14H,10-12H2,1H3. The average Bonchev–Trinajstić information content (AvgIpc) is 2.48. The molecule has 1 aromatic carbocycles. The Bertz CT molecular complexity index is 559. The van der Waals surface area contributed by atoms with Crippen molar-refractivity contribution >= 4 is 0 Å². The number of aromatic nitrogens is 1. The van der Waals surface area contributed by atoms with Crippen molar-refractivity contribution in [3.8, 4) is 11.6 Å². The predicted molar refractivity (Wildman–Crippen MR) is 76.9 cm³/mol. The zero-order chi connectivity index (χ0) is 13.8. The van der Waals surface area contributed by atoms with Gasteiger partial charge in [0, 0.05) is 19.3 Å². The Balaban J connectivity index is 1.57. The molecule has 0 bridgehead atoms. The first-order valence-corrected chi connectivity index (χ1v) is 6.78. The van der Waals surface area contributed by atoms with Gasteiger partial charge in [0.2, 0.25) is 0 Å². The van der Waals surface area contributed by atoms with Gasteiger partial charge in [-0.3, -0.25) is 4.90 Å². The van der Waals surface area contributed by atoms with Gasteiger partial charge in [0.05, 0.1) is 0 Å². The normalized spacial score (nSPS) is 17.2. The van der Waals surface area contributed by atoms with Gasteiger partial charge >= 0.3 is 0 Å². The van der Waals surface area contributed by atoms with E-state index < -0.39 is 0 Å². The molecule has 1 aliphatic rings. The summed E-state index contributed by atoms with van der Waals surface area (Å²) in [6, 6.07) is 14.2. The molecule has 4 heteroatoms. The van der Waals surface area contributed by atoms with Crippen molar-refractivity contribution < 1.29 is 9.47 Å². The fourth-order valence-corrected chi connectivity index (χ4v) is 2.36. The summed E-state index contributed by atoms with van der Waals surface area (Å²) < 4.78 is 11.5. The van der Waals surface area contributed by atoms with Crippen LogP contribution in [-0.2, 0) is 6.54 Å². The number of rotatable bonds is 4. The lowest BCUT2D eigenvalue weighted by Crippen LogP contribution is -2.39. The van der Waals surface area contributed by atoms with Gasteiger partial charge in [-0.2, -0.15) is 0 Å². The molecule has 1 unspecified atom stereocenters. The Hall–Kier alpha value is -2.07. The lowest BCUT2D eigenvalue weighted by molar-refractivity contribution is 0.0600. The van der Waals surface area contributed by atoms with E-state index in [1.165, 1.54) is 5.56 Å². The van der Waals surface area contributed by atoms with Crippen LogP contribution in [0.5, 0.6) is 11.6 Å². The minimum Gasteiger partial charge on any atom is -0.480 e. The SMILES string of the molecule is CN(Cc1ccccc1)CC1COc2ncccc2O1. The molecule has 4 nitrogen and oxygen atoms in total. The van der Waals surface area contributed by atoms with E-state index in [0.717, 1.165) is 18.8 Å². The molecule has 0 amide bonds. The molecular formula is C16H18N2O2. The van der Waals surface area contributed by atoms with E-state index in [9.17, 15) is 0 Å². The maximum atomic E-state index is 5.91. The van der Waals surface area contributed by atoms with Gasteiger partial charge in [0.15, 0.2) is 5.75 Å². The molecule has 0 spiro atoms. The summed E-state index contributed by atoms with van der Waals surface area (Å²) in [4.78, 5) is 6.38. The van der Waals surface area contributed by atoms with Gasteiger partial charge in [0.1, 0.15) is 12.7 Å². The van der Waals surface area contributed by atoms with Gasteiger partial charge in [0.25, 0.3) is 5.88 Å². The van der Waals surface area contributed by atoms with E-state index in [0.29, 0.717) is 12.5 Å². The molecule has 0 fully saturated rings. The minimum atomic E-state index is 0.0420. The van der Waals surface area contributed by atoms with Crippen LogP contribution in [0, 0.1) is 0 Å². The molecule has 1 aliphatic heterocycles. The van der Waals surface area contributed by atoms with Crippen LogP contribution in [0.15, 0.2) is 48.7 Å². The van der Waals surface area contributed by atoms with Crippen LogP contribution < -0.4 is 9.47 Å². The molecule has 104 valence electrons. The highest BCUT2D eigenvalue weighted by Gasteiger charge is 2.22. The number of ether oxygens (including phenoxy) is 2. The third kappa shape index (κ3) is 3.08. The summed E-state index contributed by atoms with van der Waals surface area (Å²) in [6.45, 7) is 2.27. The van der Waals surface area contributed by atoms with Crippen molar-refractivity contribution in [3.05, 3.63) is 54.2 Å². The molecule has 0 saturated heterocycles. The second kappa shape index (κ2) is 5.92. The number of likely N-dealkylation sites (N-methyl/N-ethyl adjacent to an activating group) is 1. The summed E-state index contributed by atoms with van der Waals surface area (Å²) >= 11 is 0. The number of hydrogen-bond donors (Lipinski definition) is 0. The van der Waals surface area contributed by atoms with E-state index >= 15 is 0 Å². The van der Waals surface area contributed by atoms with E-state index in [1.54, 1.807) is 6.20 Å². The molecule has 20 heavy (non-hydrogen) atoms. The first-order chi connectivity index (χ1) is 9.81.